The van der Waals surface area contributed by atoms with Crippen molar-refractivity contribution in [1.29, 1.82) is 0 Å². The van der Waals surface area contributed by atoms with Gasteiger partial charge in [0.05, 0.1) is 4.92 Å². The van der Waals surface area contributed by atoms with Gasteiger partial charge in [-0.05, 0) is 24.3 Å². The van der Waals surface area contributed by atoms with E-state index in [1.54, 1.807) is 24.3 Å². The molecule has 2 aromatic carbocycles. The molecule has 0 aliphatic carbocycles. The minimum atomic E-state index is -0.683. The number of benzene rings is 2. The summed E-state index contributed by atoms with van der Waals surface area (Å²) < 4.78 is 5.12. The fourth-order valence-electron chi connectivity index (χ4n) is 2.02. The van der Waals surface area contributed by atoms with Gasteiger partial charge < -0.3 is 9.52 Å². The highest BCUT2D eigenvalue weighted by Crippen LogP contribution is 2.18. The number of para-hydroxylation sites is 2. The number of nitrogens with zero attached hydrogens (tertiary/aromatic N) is 2. The predicted molar refractivity (Wildman–Crippen MR) is 83.9 cm³/mol. The fourth-order valence-corrected chi connectivity index (χ4v) is 2.02. The Hall–Kier alpha value is -3.48. The van der Waals surface area contributed by atoms with E-state index in [1.807, 2.05) is 0 Å². The van der Waals surface area contributed by atoms with Crippen molar-refractivity contribution in [2.75, 3.05) is 0 Å². The first-order valence-electron chi connectivity index (χ1n) is 6.60. The van der Waals surface area contributed by atoms with Crippen molar-refractivity contribution in [3.8, 4) is 0 Å². The van der Waals surface area contributed by atoms with E-state index in [0.717, 1.165) is 0 Å². The largest absolute Gasteiger partial charge is 0.507 e. The molecule has 7 nitrogen and oxygen atoms in total. The molecule has 0 aliphatic heterocycles. The van der Waals surface area contributed by atoms with E-state index in [-0.39, 0.29) is 17.1 Å². The Kier molecular flexibility index (Phi) is 3.60. The maximum Gasteiger partial charge on any atom is 0.362 e. The minimum Gasteiger partial charge on any atom is -0.507 e. The van der Waals surface area contributed by atoms with Crippen LogP contribution in [0.25, 0.3) is 22.9 Å². The molecule has 7 heteroatoms. The summed E-state index contributed by atoms with van der Waals surface area (Å²) in [6, 6.07) is 12.0. The van der Waals surface area contributed by atoms with E-state index in [9.17, 15) is 20.0 Å². The lowest BCUT2D eigenvalue weighted by molar-refractivity contribution is -0.384. The summed E-state index contributed by atoms with van der Waals surface area (Å²) in [7, 11) is 0. The van der Waals surface area contributed by atoms with Crippen LogP contribution >= 0.6 is 0 Å². The van der Waals surface area contributed by atoms with Gasteiger partial charge in [-0.3, -0.25) is 10.1 Å². The van der Waals surface area contributed by atoms with Crippen LogP contribution in [0.15, 0.2) is 57.7 Å². The van der Waals surface area contributed by atoms with Gasteiger partial charge in [0, 0.05) is 23.8 Å². The molecule has 3 rings (SSSR count). The van der Waals surface area contributed by atoms with Gasteiger partial charge in [0.15, 0.2) is 11.3 Å². The SMILES string of the molecule is O=c1oc2ccccc2nc1/C=C(\O)c1ccc([N+](=O)[O-])cc1. The molecule has 1 N–H and O–H groups in total. The highest BCUT2D eigenvalue weighted by atomic mass is 16.6. The Labute approximate surface area is 129 Å². The van der Waals surface area contributed by atoms with Crippen molar-refractivity contribution in [3.05, 3.63) is 80.3 Å². The number of rotatable bonds is 3. The smallest absolute Gasteiger partial charge is 0.362 e. The third-order valence-electron chi connectivity index (χ3n) is 3.17. The number of aliphatic hydroxyl groups excluding tert-OH is 1. The van der Waals surface area contributed by atoms with Crippen LogP contribution in [-0.4, -0.2) is 15.0 Å². The maximum atomic E-state index is 11.9. The van der Waals surface area contributed by atoms with Gasteiger partial charge in [0.2, 0.25) is 0 Å². The lowest BCUT2D eigenvalue weighted by Gasteiger charge is -2.01. The van der Waals surface area contributed by atoms with E-state index in [1.165, 1.54) is 30.3 Å². The van der Waals surface area contributed by atoms with Gasteiger partial charge in [-0.1, -0.05) is 12.1 Å². The summed E-state index contributed by atoms with van der Waals surface area (Å²) >= 11 is 0. The third-order valence-corrected chi connectivity index (χ3v) is 3.17. The van der Waals surface area contributed by atoms with Gasteiger partial charge in [-0.2, -0.15) is 0 Å². The second-order valence-electron chi connectivity index (χ2n) is 4.69. The Morgan fingerprint density at radius 2 is 1.87 bits per heavy atom. The number of aliphatic hydroxyl groups is 1. The van der Waals surface area contributed by atoms with Crippen molar-refractivity contribution in [3.63, 3.8) is 0 Å². The van der Waals surface area contributed by atoms with Crippen molar-refractivity contribution in [2.24, 2.45) is 0 Å². The summed E-state index contributed by atoms with van der Waals surface area (Å²) in [5.41, 5.74) is 0.325. The first-order valence-corrected chi connectivity index (χ1v) is 6.60. The van der Waals surface area contributed by atoms with Crippen LogP contribution in [0.4, 0.5) is 5.69 Å². The molecular weight excluding hydrogens is 300 g/mol. The van der Waals surface area contributed by atoms with E-state index >= 15 is 0 Å². The summed E-state index contributed by atoms with van der Waals surface area (Å²) in [5, 5.41) is 20.7. The number of nitro benzene ring substituents is 1. The van der Waals surface area contributed by atoms with Crippen molar-refractivity contribution in [2.45, 2.75) is 0 Å². The molecule has 1 heterocycles. The Bertz CT molecular complexity index is 974. The van der Waals surface area contributed by atoms with Crippen molar-refractivity contribution in [1.82, 2.24) is 4.98 Å². The van der Waals surface area contributed by atoms with Gasteiger partial charge in [-0.25, -0.2) is 9.78 Å². The number of non-ortho nitro benzene ring substituents is 1. The van der Waals surface area contributed by atoms with E-state index in [4.69, 9.17) is 4.42 Å². The van der Waals surface area contributed by atoms with Crippen LogP contribution in [0.2, 0.25) is 0 Å². The molecular formula is C16H10N2O5. The molecule has 3 aromatic rings. The number of aromatic nitrogens is 1. The van der Waals surface area contributed by atoms with Crippen LogP contribution < -0.4 is 5.63 Å². The predicted octanol–water partition coefficient (Wildman–Crippen LogP) is 3.15. The summed E-state index contributed by atoms with van der Waals surface area (Å²) in [4.78, 5) is 26.1. The normalized spacial score (nSPS) is 11.6. The van der Waals surface area contributed by atoms with Gasteiger partial charge in [-0.15, -0.1) is 0 Å². The zero-order valence-electron chi connectivity index (χ0n) is 11.7. The number of fused-ring (bicyclic) bond motifs is 1. The summed E-state index contributed by atoms with van der Waals surface area (Å²) in [6.45, 7) is 0. The maximum absolute atomic E-state index is 11.9. The van der Waals surface area contributed by atoms with Crippen LogP contribution in [0, 0.1) is 10.1 Å². The molecule has 0 saturated heterocycles. The molecule has 0 amide bonds. The van der Waals surface area contributed by atoms with Crippen LogP contribution in [0.5, 0.6) is 0 Å². The van der Waals surface area contributed by atoms with Gasteiger partial charge in [0.1, 0.15) is 11.3 Å². The number of hydrogen-bond acceptors (Lipinski definition) is 6. The molecule has 0 radical (unpaired) electrons. The number of hydrogen-bond donors (Lipinski definition) is 1. The van der Waals surface area contributed by atoms with E-state index < -0.39 is 10.5 Å². The lowest BCUT2D eigenvalue weighted by Crippen LogP contribution is -2.06. The zero-order valence-corrected chi connectivity index (χ0v) is 11.7. The molecule has 0 saturated carbocycles. The first-order chi connectivity index (χ1) is 11.0. The highest BCUT2D eigenvalue weighted by Gasteiger charge is 2.09. The molecule has 0 unspecified atom stereocenters. The Morgan fingerprint density at radius 3 is 2.57 bits per heavy atom. The van der Waals surface area contributed by atoms with E-state index in [0.29, 0.717) is 16.7 Å². The molecule has 0 aliphatic rings. The lowest BCUT2D eigenvalue weighted by atomic mass is 10.1. The number of nitro groups is 1. The van der Waals surface area contributed by atoms with E-state index in [2.05, 4.69) is 4.98 Å². The summed E-state index contributed by atoms with van der Waals surface area (Å²) in [6.07, 6.45) is 1.17. The van der Waals surface area contributed by atoms with Crippen LogP contribution in [0.1, 0.15) is 11.3 Å². The Balaban J connectivity index is 2.01. The topological polar surface area (TPSA) is 106 Å². The summed E-state index contributed by atoms with van der Waals surface area (Å²) in [5.74, 6) is -0.241. The average molecular weight is 310 g/mol. The molecule has 114 valence electrons. The van der Waals surface area contributed by atoms with Crippen LogP contribution in [-0.2, 0) is 0 Å². The third kappa shape index (κ3) is 2.93. The molecule has 0 fully saturated rings. The van der Waals surface area contributed by atoms with Gasteiger partial charge >= 0.3 is 5.63 Å². The minimum absolute atomic E-state index is 0.0560. The van der Waals surface area contributed by atoms with Crippen molar-refractivity contribution >= 4 is 28.6 Å². The molecule has 23 heavy (non-hydrogen) atoms. The second-order valence-corrected chi connectivity index (χ2v) is 4.69. The Morgan fingerprint density at radius 1 is 1.17 bits per heavy atom. The highest BCUT2D eigenvalue weighted by molar-refractivity contribution is 5.78. The molecule has 0 spiro atoms. The fraction of sp³-hybridized carbons (Fsp3) is 0. The molecule has 1 aromatic heterocycles. The quantitative estimate of drug-likeness (QED) is 0.452. The first kappa shape index (κ1) is 14.5. The van der Waals surface area contributed by atoms with Gasteiger partial charge in [0.25, 0.3) is 5.69 Å². The van der Waals surface area contributed by atoms with Crippen molar-refractivity contribution < 1.29 is 14.4 Å². The molecule has 0 bridgehead atoms. The average Bonchev–Trinajstić information content (AvgIpc) is 2.55. The monoisotopic (exact) mass is 310 g/mol. The standard InChI is InChI=1S/C16H10N2O5/c19-14(10-5-7-11(8-6-10)18(21)22)9-13-16(20)23-15-4-2-1-3-12(15)17-13/h1-9,19H/b14-9-. The zero-order chi connectivity index (χ0) is 16.4. The van der Waals surface area contributed by atoms with Crippen LogP contribution in [0.3, 0.4) is 0 Å². The second kappa shape index (κ2) is 5.72. The molecule has 0 atom stereocenters.